The predicted molar refractivity (Wildman–Crippen MR) is 111 cm³/mol. The summed E-state index contributed by atoms with van der Waals surface area (Å²) in [6.45, 7) is 1.99. The molecule has 0 aliphatic rings. The first-order valence-corrected chi connectivity index (χ1v) is 10.4. The molecule has 0 unspecified atom stereocenters. The molecule has 154 valence electrons. The van der Waals surface area contributed by atoms with E-state index in [1.807, 2.05) is 0 Å². The van der Waals surface area contributed by atoms with Crippen molar-refractivity contribution in [2.24, 2.45) is 0 Å². The van der Waals surface area contributed by atoms with Crippen molar-refractivity contribution >= 4 is 27.4 Å². The van der Waals surface area contributed by atoms with Crippen molar-refractivity contribution in [3.05, 3.63) is 94.5 Å². The largest absolute Gasteiger partial charge is 0.423 e. The Morgan fingerprint density at radius 2 is 1.57 bits per heavy atom. The molecule has 0 N–H and O–H groups in total. The number of carbonyl (C=O) groups excluding carboxylic acids is 1. The van der Waals surface area contributed by atoms with Gasteiger partial charge in [-0.15, -0.1) is 0 Å². The van der Waals surface area contributed by atoms with Crippen LogP contribution >= 0.6 is 0 Å². The average molecular weight is 426 g/mol. The molecule has 0 radical (unpaired) electrons. The number of sulfonamides is 1. The molecule has 0 aliphatic heterocycles. The van der Waals surface area contributed by atoms with Crippen molar-refractivity contribution in [2.75, 3.05) is 10.8 Å². The third-order valence-electron chi connectivity index (χ3n) is 4.27. The maximum Gasteiger partial charge on any atom is 0.343 e. The number of ether oxygens (including phenoxy) is 1. The van der Waals surface area contributed by atoms with Gasteiger partial charge >= 0.3 is 5.97 Å². The van der Waals surface area contributed by atoms with Crippen LogP contribution in [0.3, 0.4) is 0 Å². The number of non-ortho nitro benzene ring substituents is 1. The molecular formula is C21H18N2O6S. The number of para-hydroxylation sites is 1. The van der Waals surface area contributed by atoms with Crippen LogP contribution in [0.4, 0.5) is 11.4 Å². The molecule has 0 saturated heterocycles. The average Bonchev–Trinajstić information content (AvgIpc) is 2.75. The van der Waals surface area contributed by atoms with Crippen LogP contribution in [0.5, 0.6) is 5.75 Å². The van der Waals surface area contributed by atoms with Gasteiger partial charge < -0.3 is 4.74 Å². The lowest BCUT2D eigenvalue weighted by Gasteiger charge is -2.22. The molecule has 0 amide bonds. The van der Waals surface area contributed by atoms with Crippen LogP contribution in [0, 0.1) is 10.1 Å². The van der Waals surface area contributed by atoms with Gasteiger partial charge in [0.2, 0.25) is 0 Å². The number of carbonyl (C=O) groups is 1. The first-order valence-electron chi connectivity index (χ1n) is 8.97. The Labute approximate surface area is 173 Å². The molecule has 0 aliphatic carbocycles. The van der Waals surface area contributed by atoms with Crippen molar-refractivity contribution in [1.82, 2.24) is 0 Å². The molecule has 30 heavy (non-hydrogen) atoms. The van der Waals surface area contributed by atoms with E-state index in [-0.39, 0.29) is 28.4 Å². The summed E-state index contributed by atoms with van der Waals surface area (Å²) in [6, 6.07) is 19.2. The summed E-state index contributed by atoms with van der Waals surface area (Å²) in [7, 11) is -3.79. The van der Waals surface area contributed by atoms with E-state index in [1.165, 1.54) is 52.8 Å². The van der Waals surface area contributed by atoms with Crippen LogP contribution < -0.4 is 9.04 Å². The second-order valence-corrected chi connectivity index (χ2v) is 8.03. The van der Waals surface area contributed by atoms with Crippen LogP contribution in [-0.2, 0) is 10.0 Å². The Bertz CT molecular complexity index is 1140. The number of nitro groups is 1. The fourth-order valence-electron chi connectivity index (χ4n) is 2.78. The number of hydrogen-bond donors (Lipinski definition) is 0. The zero-order valence-electron chi connectivity index (χ0n) is 16.0. The molecule has 0 aromatic heterocycles. The van der Waals surface area contributed by atoms with Gasteiger partial charge in [-0.05, 0) is 55.5 Å². The highest BCUT2D eigenvalue weighted by atomic mass is 32.2. The number of benzene rings is 3. The predicted octanol–water partition coefficient (Wildman–Crippen LogP) is 4.03. The van der Waals surface area contributed by atoms with Gasteiger partial charge in [0.1, 0.15) is 5.75 Å². The van der Waals surface area contributed by atoms with Crippen LogP contribution in [0.25, 0.3) is 0 Å². The normalized spacial score (nSPS) is 11.0. The lowest BCUT2D eigenvalue weighted by Crippen LogP contribution is -2.30. The molecule has 0 heterocycles. The topological polar surface area (TPSA) is 107 Å². The van der Waals surface area contributed by atoms with Crippen LogP contribution in [0.15, 0.2) is 83.8 Å². The van der Waals surface area contributed by atoms with Gasteiger partial charge in [-0.3, -0.25) is 14.4 Å². The fraction of sp³-hybridized carbons (Fsp3) is 0.0952. The Hall–Kier alpha value is -3.72. The van der Waals surface area contributed by atoms with Crippen molar-refractivity contribution in [3.8, 4) is 5.75 Å². The van der Waals surface area contributed by atoms with Crippen LogP contribution in [0.1, 0.15) is 17.3 Å². The summed E-state index contributed by atoms with van der Waals surface area (Å²) in [5, 5.41) is 10.7. The maximum atomic E-state index is 13.0. The lowest BCUT2D eigenvalue weighted by molar-refractivity contribution is -0.384. The van der Waals surface area contributed by atoms with E-state index >= 15 is 0 Å². The molecule has 0 spiro atoms. The van der Waals surface area contributed by atoms with E-state index in [4.69, 9.17) is 4.74 Å². The summed E-state index contributed by atoms with van der Waals surface area (Å²) < 4.78 is 32.4. The van der Waals surface area contributed by atoms with Crippen molar-refractivity contribution < 1.29 is 22.9 Å². The summed E-state index contributed by atoms with van der Waals surface area (Å²) in [6.07, 6.45) is 0. The molecule has 3 rings (SSSR count). The minimum absolute atomic E-state index is 0.0586. The molecule has 0 fully saturated rings. The second-order valence-electron chi connectivity index (χ2n) is 6.17. The number of rotatable bonds is 7. The highest BCUT2D eigenvalue weighted by molar-refractivity contribution is 7.92. The zero-order valence-corrected chi connectivity index (χ0v) is 16.8. The van der Waals surface area contributed by atoms with Crippen LogP contribution in [-0.4, -0.2) is 25.9 Å². The molecule has 3 aromatic carbocycles. The number of hydrogen-bond acceptors (Lipinski definition) is 6. The maximum absolute atomic E-state index is 13.0. The van der Waals surface area contributed by atoms with E-state index in [9.17, 15) is 23.3 Å². The Kier molecular flexibility index (Phi) is 6.12. The number of esters is 1. The summed E-state index contributed by atoms with van der Waals surface area (Å²) in [5.41, 5.74) is 0.548. The van der Waals surface area contributed by atoms with Gasteiger partial charge in [0.05, 0.1) is 21.1 Å². The Balaban J connectivity index is 1.77. The van der Waals surface area contributed by atoms with Gasteiger partial charge in [0.15, 0.2) is 0 Å². The van der Waals surface area contributed by atoms with E-state index in [0.29, 0.717) is 5.69 Å². The molecule has 0 atom stereocenters. The third kappa shape index (κ3) is 4.47. The fourth-order valence-corrected chi connectivity index (χ4v) is 4.25. The number of nitrogens with zero attached hydrogens (tertiary/aromatic N) is 2. The Morgan fingerprint density at radius 3 is 2.10 bits per heavy atom. The van der Waals surface area contributed by atoms with Gasteiger partial charge in [0.25, 0.3) is 15.7 Å². The quantitative estimate of drug-likeness (QED) is 0.244. The van der Waals surface area contributed by atoms with Gasteiger partial charge in [-0.2, -0.15) is 0 Å². The van der Waals surface area contributed by atoms with E-state index in [0.717, 1.165) is 0 Å². The highest BCUT2D eigenvalue weighted by Gasteiger charge is 2.23. The summed E-state index contributed by atoms with van der Waals surface area (Å²) in [5.74, 6) is -0.556. The van der Waals surface area contributed by atoms with Gasteiger partial charge in [-0.25, -0.2) is 13.2 Å². The standard InChI is InChI=1S/C21H18N2O6S/c1-2-22(17-6-4-3-5-7-17)30(27,28)20-14-12-19(13-15-20)29-21(24)16-8-10-18(11-9-16)23(25)26/h3-15H,2H2,1H3. The Morgan fingerprint density at radius 1 is 0.967 bits per heavy atom. The zero-order chi connectivity index (χ0) is 21.7. The first-order chi connectivity index (χ1) is 14.3. The molecular weight excluding hydrogens is 408 g/mol. The number of anilines is 1. The molecule has 0 bridgehead atoms. The minimum atomic E-state index is -3.79. The first kappa shape index (κ1) is 21.0. The minimum Gasteiger partial charge on any atom is -0.423 e. The number of nitro benzene ring substituents is 1. The van der Waals surface area contributed by atoms with Crippen LogP contribution in [0.2, 0.25) is 0 Å². The van der Waals surface area contributed by atoms with Crippen molar-refractivity contribution in [2.45, 2.75) is 11.8 Å². The second kappa shape index (κ2) is 8.75. The molecule has 3 aromatic rings. The molecule has 9 heteroatoms. The molecule has 8 nitrogen and oxygen atoms in total. The van der Waals surface area contributed by atoms with E-state index < -0.39 is 20.9 Å². The summed E-state index contributed by atoms with van der Waals surface area (Å²) in [4.78, 5) is 22.4. The highest BCUT2D eigenvalue weighted by Crippen LogP contribution is 2.25. The van der Waals surface area contributed by atoms with Crippen molar-refractivity contribution in [3.63, 3.8) is 0 Å². The summed E-state index contributed by atoms with van der Waals surface area (Å²) >= 11 is 0. The smallest absolute Gasteiger partial charge is 0.343 e. The van der Waals surface area contributed by atoms with Gasteiger partial charge in [-0.1, -0.05) is 18.2 Å². The molecule has 0 saturated carbocycles. The van der Waals surface area contributed by atoms with Gasteiger partial charge in [0, 0.05) is 18.7 Å². The SMILES string of the molecule is CCN(c1ccccc1)S(=O)(=O)c1ccc(OC(=O)c2ccc([N+](=O)[O-])cc2)cc1. The lowest BCUT2D eigenvalue weighted by atomic mass is 10.2. The van der Waals surface area contributed by atoms with E-state index in [2.05, 4.69) is 0 Å². The third-order valence-corrected chi connectivity index (χ3v) is 6.18. The monoisotopic (exact) mass is 426 g/mol. The van der Waals surface area contributed by atoms with Crippen molar-refractivity contribution in [1.29, 1.82) is 0 Å². The van der Waals surface area contributed by atoms with E-state index in [1.54, 1.807) is 37.3 Å².